The van der Waals surface area contributed by atoms with E-state index < -0.39 is 29.6 Å². The zero-order chi connectivity index (χ0) is 33.4. The third kappa shape index (κ3) is 5.69. The minimum absolute atomic E-state index is 0.0131. The summed E-state index contributed by atoms with van der Waals surface area (Å²) in [4.78, 5) is 41.0. The molecule has 11 nitrogen and oxygen atoms in total. The van der Waals surface area contributed by atoms with Gasteiger partial charge in [0.15, 0.2) is 11.5 Å². The number of halogens is 2. The van der Waals surface area contributed by atoms with Gasteiger partial charge < -0.3 is 15.3 Å². The molecule has 0 fully saturated rings. The number of nitrogens with one attached hydrogen (secondary N) is 2. The van der Waals surface area contributed by atoms with E-state index in [0.717, 1.165) is 32.6 Å². The number of hydrogen-bond acceptors (Lipinski definition) is 6. The summed E-state index contributed by atoms with van der Waals surface area (Å²) >= 11 is 5.95. The van der Waals surface area contributed by atoms with E-state index in [9.17, 15) is 23.9 Å². The van der Waals surface area contributed by atoms with Gasteiger partial charge in [0.2, 0.25) is 0 Å². The molecular formula is C35H25ClFN7O4. The maximum Gasteiger partial charge on any atom is 0.335 e. The summed E-state index contributed by atoms with van der Waals surface area (Å²) in [6.45, 7) is 0.164. The Morgan fingerprint density at radius 1 is 0.958 bits per heavy atom. The van der Waals surface area contributed by atoms with Gasteiger partial charge in [-0.15, -0.1) is 5.10 Å². The Balaban J connectivity index is 1.27. The summed E-state index contributed by atoms with van der Waals surface area (Å²) in [5.74, 6) is -2.91. The quantitative estimate of drug-likeness (QED) is 0.185. The molecule has 0 saturated carbocycles. The first-order valence-corrected chi connectivity index (χ1v) is 15.2. The number of carboxylic acid groups (broad SMARTS) is 1. The Kier molecular flexibility index (Phi) is 7.99. The predicted molar refractivity (Wildman–Crippen MR) is 175 cm³/mol. The fourth-order valence-electron chi connectivity index (χ4n) is 5.91. The van der Waals surface area contributed by atoms with Crippen LogP contribution in [0.1, 0.15) is 38.0 Å². The molecule has 0 aliphatic carbocycles. The van der Waals surface area contributed by atoms with Gasteiger partial charge >= 0.3 is 5.97 Å². The van der Waals surface area contributed by atoms with Crippen molar-refractivity contribution in [2.45, 2.75) is 12.5 Å². The number of benzene rings is 4. The van der Waals surface area contributed by atoms with Crippen LogP contribution in [-0.2, 0) is 11.2 Å². The van der Waals surface area contributed by atoms with E-state index in [0.29, 0.717) is 17.7 Å². The minimum Gasteiger partial charge on any atom is -0.478 e. The van der Waals surface area contributed by atoms with Gasteiger partial charge in [0.25, 0.3) is 11.8 Å². The lowest BCUT2D eigenvalue weighted by molar-refractivity contribution is -0.121. The summed E-state index contributed by atoms with van der Waals surface area (Å²) < 4.78 is 15.9. The van der Waals surface area contributed by atoms with Crippen molar-refractivity contribution in [3.8, 4) is 28.1 Å². The van der Waals surface area contributed by atoms with Gasteiger partial charge in [-0.25, -0.2) is 13.9 Å². The molecule has 48 heavy (non-hydrogen) atoms. The molecule has 1 aliphatic rings. The van der Waals surface area contributed by atoms with E-state index >= 15 is 0 Å². The van der Waals surface area contributed by atoms with Crippen molar-refractivity contribution >= 4 is 35.1 Å². The monoisotopic (exact) mass is 661 g/mol. The van der Waals surface area contributed by atoms with Crippen molar-refractivity contribution in [3.63, 3.8) is 0 Å². The lowest BCUT2D eigenvalue weighted by Crippen LogP contribution is -2.45. The standard InChI is InChI=1S/C35H25ClFN7O4/c36-27-8-3-9-30(31(27)37)44-19-29(41-42-44)34(46)43-17-15-25-24(21-4-1-5-22(18-21)28-14-16-38-40-28)6-2-7-26(25)32(43)33(45)39-23-12-10-20(11-13-23)35(47)48/h1-14,16,18-19,32H,15,17H2,(H,38,40)(H,39,45)(H,47,48). The predicted octanol–water partition coefficient (Wildman–Crippen LogP) is 6.19. The number of anilines is 1. The number of rotatable bonds is 7. The number of carboxylic acids is 1. The highest BCUT2D eigenvalue weighted by Gasteiger charge is 2.38. The Bertz CT molecular complexity index is 2180. The van der Waals surface area contributed by atoms with Crippen molar-refractivity contribution in [2.24, 2.45) is 0 Å². The molecule has 2 amide bonds. The highest BCUT2D eigenvalue weighted by Crippen LogP contribution is 2.38. The molecule has 7 rings (SSSR count). The lowest BCUT2D eigenvalue weighted by Gasteiger charge is -2.37. The maximum atomic E-state index is 14.7. The number of nitrogens with zero attached hydrogens (tertiary/aromatic N) is 5. The first-order valence-electron chi connectivity index (χ1n) is 14.8. The van der Waals surface area contributed by atoms with Crippen LogP contribution >= 0.6 is 11.6 Å². The number of carbonyl (C=O) groups is 3. The van der Waals surface area contributed by atoms with Gasteiger partial charge in [-0.05, 0) is 77.2 Å². The Morgan fingerprint density at radius 3 is 2.50 bits per heavy atom. The van der Waals surface area contributed by atoms with Crippen LogP contribution in [0.5, 0.6) is 0 Å². The lowest BCUT2D eigenvalue weighted by atomic mass is 9.85. The first kappa shape index (κ1) is 30.5. The minimum atomic E-state index is -1.10. The molecule has 0 spiro atoms. The summed E-state index contributed by atoms with van der Waals surface area (Å²) in [6.07, 6.45) is 3.41. The molecule has 4 aromatic carbocycles. The molecule has 0 bridgehead atoms. The zero-order valence-electron chi connectivity index (χ0n) is 25.0. The molecule has 1 unspecified atom stereocenters. The van der Waals surface area contributed by atoms with Crippen LogP contribution in [0, 0.1) is 5.82 Å². The number of carbonyl (C=O) groups excluding carboxylic acids is 2. The SMILES string of the molecule is O=C(O)c1ccc(NC(=O)C2c3cccc(-c4cccc(-c5ccn[nH]5)c4)c3CCN2C(=O)c2cn(-c3cccc(Cl)c3F)nn2)cc1. The number of aromatic nitrogens is 5. The molecule has 238 valence electrons. The molecule has 0 saturated heterocycles. The largest absolute Gasteiger partial charge is 0.478 e. The number of hydrogen-bond donors (Lipinski definition) is 3. The second-order valence-electron chi connectivity index (χ2n) is 11.1. The van der Waals surface area contributed by atoms with Crippen molar-refractivity contribution < 1.29 is 23.9 Å². The van der Waals surface area contributed by atoms with Crippen LogP contribution in [0.3, 0.4) is 0 Å². The molecular weight excluding hydrogens is 637 g/mol. The van der Waals surface area contributed by atoms with E-state index in [1.54, 1.807) is 12.3 Å². The summed E-state index contributed by atoms with van der Waals surface area (Å²) in [5.41, 5.74) is 5.49. The van der Waals surface area contributed by atoms with Crippen molar-refractivity contribution in [1.29, 1.82) is 0 Å². The van der Waals surface area contributed by atoms with Crippen LogP contribution in [0.15, 0.2) is 103 Å². The maximum absolute atomic E-state index is 14.7. The molecule has 13 heteroatoms. The topological polar surface area (TPSA) is 146 Å². The van der Waals surface area contributed by atoms with E-state index in [1.165, 1.54) is 47.5 Å². The van der Waals surface area contributed by atoms with E-state index in [1.807, 2.05) is 48.5 Å². The number of amides is 2. The Labute approximate surface area is 277 Å². The van der Waals surface area contributed by atoms with Crippen LogP contribution in [0.25, 0.3) is 28.1 Å². The van der Waals surface area contributed by atoms with Gasteiger partial charge in [0.1, 0.15) is 11.7 Å². The van der Waals surface area contributed by atoms with Crippen molar-refractivity contribution in [1.82, 2.24) is 30.1 Å². The van der Waals surface area contributed by atoms with Crippen LogP contribution < -0.4 is 5.32 Å². The Hall–Kier alpha value is -6.14. The second-order valence-corrected chi connectivity index (χ2v) is 11.5. The molecule has 1 aliphatic heterocycles. The van der Waals surface area contributed by atoms with Gasteiger partial charge in [0, 0.05) is 24.0 Å². The number of aromatic carboxylic acids is 1. The summed E-state index contributed by atoms with van der Waals surface area (Å²) in [5, 5.41) is 27.0. The first-order chi connectivity index (χ1) is 23.3. The number of aromatic amines is 1. The highest BCUT2D eigenvalue weighted by atomic mass is 35.5. The van der Waals surface area contributed by atoms with E-state index in [2.05, 4.69) is 25.8 Å². The summed E-state index contributed by atoms with van der Waals surface area (Å²) in [6, 6.07) is 24.5. The van der Waals surface area contributed by atoms with Crippen molar-refractivity contribution in [2.75, 3.05) is 11.9 Å². The van der Waals surface area contributed by atoms with E-state index in [-0.39, 0.29) is 28.5 Å². The van der Waals surface area contributed by atoms with Gasteiger partial charge in [0.05, 0.1) is 22.5 Å². The zero-order valence-corrected chi connectivity index (χ0v) is 25.7. The van der Waals surface area contributed by atoms with Crippen LogP contribution in [0.2, 0.25) is 5.02 Å². The average molecular weight is 662 g/mol. The van der Waals surface area contributed by atoms with Gasteiger partial charge in [-0.3, -0.25) is 14.7 Å². The number of H-pyrrole nitrogens is 1. The second kappa shape index (κ2) is 12.6. The van der Waals surface area contributed by atoms with Crippen molar-refractivity contribution in [3.05, 3.63) is 137 Å². The third-order valence-corrected chi connectivity index (χ3v) is 8.50. The molecule has 2 aromatic heterocycles. The van der Waals surface area contributed by atoms with E-state index in [4.69, 9.17) is 11.6 Å². The molecule has 3 heterocycles. The fraction of sp³-hybridized carbons (Fsp3) is 0.0857. The Morgan fingerprint density at radius 2 is 1.73 bits per heavy atom. The van der Waals surface area contributed by atoms with Crippen LogP contribution in [0.4, 0.5) is 10.1 Å². The fourth-order valence-corrected chi connectivity index (χ4v) is 6.08. The highest BCUT2D eigenvalue weighted by molar-refractivity contribution is 6.30. The third-order valence-electron chi connectivity index (χ3n) is 8.21. The number of fused-ring (bicyclic) bond motifs is 1. The molecule has 0 radical (unpaired) electrons. The molecule has 6 aromatic rings. The normalized spacial score (nSPS) is 14.0. The smallest absolute Gasteiger partial charge is 0.335 e. The summed E-state index contributed by atoms with van der Waals surface area (Å²) in [7, 11) is 0. The van der Waals surface area contributed by atoms with Gasteiger partial charge in [-0.2, -0.15) is 5.10 Å². The van der Waals surface area contributed by atoms with Gasteiger partial charge in [-0.1, -0.05) is 59.3 Å². The van der Waals surface area contributed by atoms with Crippen LogP contribution in [-0.4, -0.2) is 59.5 Å². The molecule has 1 atom stereocenters. The average Bonchev–Trinajstić information content (AvgIpc) is 3.82. The molecule has 3 N–H and O–H groups in total.